The number of carbonyl (C=O) groups excluding carboxylic acids is 2. The Balaban J connectivity index is 3.47. The molecule has 0 aliphatic carbocycles. The summed E-state index contributed by atoms with van der Waals surface area (Å²) in [6, 6.07) is -0.554. The van der Waals surface area contributed by atoms with E-state index in [0.717, 1.165) is 70.6 Å². The van der Waals surface area contributed by atoms with Gasteiger partial charge in [0.2, 0.25) is 5.91 Å². The average molecular weight is 973 g/mol. The second-order valence-corrected chi connectivity index (χ2v) is 21.4. The van der Waals surface area contributed by atoms with Gasteiger partial charge >= 0.3 is 5.97 Å². The molecule has 69 heavy (non-hydrogen) atoms. The highest BCUT2D eigenvalue weighted by Gasteiger charge is 2.20. The predicted molar refractivity (Wildman–Crippen MR) is 301 cm³/mol. The molecule has 2 unspecified atom stereocenters. The second kappa shape index (κ2) is 58.9. The molecule has 2 atom stereocenters. The molecular weight excluding hydrogens is 851 g/mol. The lowest BCUT2D eigenvalue weighted by molar-refractivity contribution is -0.143. The topological polar surface area (TPSA) is 95.9 Å². The quantitative estimate of drug-likeness (QED) is 0.0321. The Labute approximate surface area is 431 Å². The number of ether oxygens (including phenoxy) is 1. The molecule has 0 saturated carbocycles. The third-order valence-electron chi connectivity index (χ3n) is 14.5. The Morgan fingerprint density at radius 1 is 0.391 bits per heavy atom. The van der Waals surface area contributed by atoms with Crippen molar-refractivity contribution in [1.82, 2.24) is 5.32 Å². The Morgan fingerprint density at radius 2 is 0.681 bits per heavy atom. The number of hydrogen-bond acceptors (Lipinski definition) is 5. The minimum Gasteiger partial charge on any atom is -0.466 e. The number of aliphatic hydroxyl groups is 2. The zero-order valence-electron chi connectivity index (χ0n) is 46.6. The maximum Gasteiger partial charge on any atom is 0.305 e. The van der Waals surface area contributed by atoms with Crippen LogP contribution in [0.3, 0.4) is 0 Å². The van der Waals surface area contributed by atoms with Gasteiger partial charge in [-0.05, 0) is 77.0 Å². The normalized spacial score (nSPS) is 12.7. The molecule has 0 heterocycles. The van der Waals surface area contributed by atoms with Crippen LogP contribution in [0.1, 0.15) is 341 Å². The van der Waals surface area contributed by atoms with Gasteiger partial charge in [0, 0.05) is 12.8 Å². The SMILES string of the molecule is CCCCCCCC/C=C\CCCCCCCC(=O)OCCCCCC/C=C\CCCCCCCCCC(=O)NC(CO)C(O)CCCCCCCCCCCCCCCCCCCCCCCC. The molecule has 0 bridgehead atoms. The zero-order valence-corrected chi connectivity index (χ0v) is 46.6. The van der Waals surface area contributed by atoms with Crippen molar-refractivity contribution in [2.75, 3.05) is 13.2 Å². The summed E-state index contributed by atoms with van der Waals surface area (Å²) in [5, 5.41) is 23.4. The molecule has 0 rings (SSSR count). The minimum atomic E-state index is -0.676. The summed E-state index contributed by atoms with van der Waals surface area (Å²) >= 11 is 0. The second-order valence-electron chi connectivity index (χ2n) is 21.4. The van der Waals surface area contributed by atoms with Gasteiger partial charge in [-0.3, -0.25) is 9.59 Å². The average Bonchev–Trinajstić information content (AvgIpc) is 3.35. The number of carbonyl (C=O) groups is 2. The monoisotopic (exact) mass is 972 g/mol. The summed E-state index contributed by atoms with van der Waals surface area (Å²) in [6.07, 6.45) is 71.8. The van der Waals surface area contributed by atoms with E-state index in [0.29, 0.717) is 25.9 Å². The first-order valence-corrected chi connectivity index (χ1v) is 31.1. The van der Waals surface area contributed by atoms with Crippen molar-refractivity contribution in [3.8, 4) is 0 Å². The lowest BCUT2D eigenvalue weighted by Gasteiger charge is -2.22. The van der Waals surface area contributed by atoms with Gasteiger partial charge in [0.1, 0.15) is 0 Å². The third kappa shape index (κ3) is 55.5. The maximum absolute atomic E-state index is 12.5. The number of hydrogen-bond donors (Lipinski definition) is 3. The Morgan fingerprint density at radius 3 is 1.03 bits per heavy atom. The molecule has 6 heteroatoms. The van der Waals surface area contributed by atoms with Gasteiger partial charge in [-0.25, -0.2) is 0 Å². The molecule has 0 aromatic carbocycles. The third-order valence-corrected chi connectivity index (χ3v) is 14.5. The zero-order chi connectivity index (χ0) is 50.0. The standard InChI is InChI=1S/C63H121NO5/c1-3-5-7-9-11-13-15-17-19-20-21-22-23-24-25-28-31-35-39-43-47-51-55-61(66)60(59-65)64-62(67)56-52-48-44-40-36-32-29-26-30-34-38-42-46-50-54-58-69-63(68)57-53-49-45-41-37-33-27-18-16-14-12-10-8-6-4-2/h18,27,30,34,60-61,65-66H,3-17,19-26,28-29,31-33,35-59H2,1-2H3,(H,64,67)/b27-18-,34-30-. The highest BCUT2D eigenvalue weighted by atomic mass is 16.5. The van der Waals surface area contributed by atoms with E-state index >= 15 is 0 Å². The molecule has 0 saturated heterocycles. The Hall–Kier alpha value is -1.66. The molecule has 0 fully saturated rings. The lowest BCUT2D eigenvalue weighted by atomic mass is 10.0. The van der Waals surface area contributed by atoms with Crippen LogP contribution in [0.5, 0.6) is 0 Å². The molecule has 0 aliphatic heterocycles. The lowest BCUT2D eigenvalue weighted by Crippen LogP contribution is -2.45. The molecular formula is C63H121NO5. The van der Waals surface area contributed by atoms with Crippen molar-refractivity contribution < 1.29 is 24.5 Å². The number of rotatable bonds is 58. The number of allylic oxidation sites excluding steroid dienone is 4. The van der Waals surface area contributed by atoms with Crippen LogP contribution < -0.4 is 5.32 Å². The van der Waals surface area contributed by atoms with Gasteiger partial charge in [-0.15, -0.1) is 0 Å². The Bertz CT molecular complexity index is 1080. The highest BCUT2D eigenvalue weighted by molar-refractivity contribution is 5.76. The van der Waals surface area contributed by atoms with E-state index < -0.39 is 12.1 Å². The summed E-state index contributed by atoms with van der Waals surface area (Å²) in [5.74, 6) is -0.0644. The van der Waals surface area contributed by atoms with E-state index in [1.54, 1.807) is 0 Å². The largest absolute Gasteiger partial charge is 0.466 e. The van der Waals surface area contributed by atoms with Crippen molar-refractivity contribution in [3.63, 3.8) is 0 Å². The summed E-state index contributed by atoms with van der Waals surface area (Å²) < 4.78 is 5.46. The van der Waals surface area contributed by atoms with Crippen LogP contribution in [0.15, 0.2) is 24.3 Å². The van der Waals surface area contributed by atoms with Crippen molar-refractivity contribution in [1.29, 1.82) is 0 Å². The van der Waals surface area contributed by atoms with Gasteiger partial charge in [0.15, 0.2) is 0 Å². The molecule has 0 radical (unpaired) electrons. The summed E-state index contributed by atoms with van der Waals surface area (Å²) in [5.41, 5.74) is 0. The van der Waals surface area contributed by atoms with Gasteiger partial charge in [-0.2, -0.15) is 0 Å². The first-order chi connectivity index (χ1) is 34.0. The van der Waals surface area contributed by atoms with E-state index in [1.165, 1.54) is 238 Å². The molecule has 1 amide bonds. The van der Waals surface area contributed by atoms with Crippen molar-refractivity contribution in [2.24, 2.45) is 0 Å². The van der Waals surface area contributed by atoms with Gasteiger partial charge in [0.25, 0.3) is 0 Å². The van der Waals surface area contributed by atoms with E-state index in [4.69, 9.17) is 4.74 Å². The van der Waals surface area contributed by atoms with Crippen LogP contribution in [0.4, 0.5) is 0 Å². The van der Waals surface area contributed by atoms with E-state index in [1.807, 2.05) is 0 Å². The number of amides is 1. The molecule has 408 valence electrons. The van der Waals surface area contributed by atoms with Crippen LogP contribution >= 0.6 is 0 Å². The highest BCUT2D eigenvalue weighted by Crippen LogP contribution is 2.18. The summed E-state index contributed by atoms with van der Waals surface area (Å²) in [4.78, 5) is 24.6. The summed E-state index contributed by atoms with van der Waals surface area (Å²) in [6.45, 7) is 4.93. The number of unbranched alkanes of at least 4 members (excludes halogenated alkanes) is 43. The first kappa shape index (κ1) is 67.3. The fraction of sp³-hybridized carbons (Fsp3) is 0.905. The molecule has 0 aliphatic rings. The van der Waals surface area contributed by atoms with Crippen molar-refractivity contribution >= 4 is 11.9 Å². The fourth-order valence-corrected chi connectivity index (χ4v) is 9.69. The van der Waals surface area contributed by atoms with E-state index in [2.05, 4.69) is 43.5 Å². The smallest absolute Gasteiger partial charge is 0.305 e. The van der Waals surface area contributed by atoms with Gasteiger partial charge in [-0.1, -0.05) is 276 Å². The van der Waals surface area contributed by atoms with Gasteiger partial charge in [0.05, 0.1) is 25.4 Å². The van der Waals surface area contributed by atoms with Crippen LogP contribution in [-0.4, -0.2) is 47.4 Å². The molecule has 0 aromatic heterocycles. The predicted octanol–water partition coefficient (Wildman–Crippen LogP) is 19.4. The van der Waals surface area contributed by atoms with Crippen LogP contribution in [-0.2, 0) is 14.3 Å². The molecule has 6 nitrogen and oxygen atoms in total. The minimum absolute atomic E-state index is 0.0172. The molecule has 0 spiro atoms. The van der Waals surface area contributed by atoms with E-state index in [9.17, 15) is 19.8 Å². The van der Waals surface area contributed by atoms with E-state index in [-0.39, 0.29) is 18.5 Å². The maximum atomic E-state index is 12.5. The Kier molecular flexibility index (Phi) is 57.5. The fourth-order valence-electron chi connectivity index (χ4n) is 9.69. The number of aliphatic hydroxyl groups excluding tert-OH is 2. The number of esters is 1. The first-order valence-electron chi connectivity index (χ1n) is 31.1. The molecule has 3 N–H and O–H groups in total. The van der Waals surface area contributed by atoms with Crippen LogP contribution in [0.2, 0.25) is 0 Å². The van der Waals surface area contributed by atoms with Crippen LogP contribution in [0, 0.1) is 0 Å². The van der Waals surface area contributed by atoms with Gasteiger partial charge < -0.3 is 20.3 Å². The van der Waals surface area contributed by atoms with Crippen molar-refractivity contribution in [2.45, 2.75) is 353 Å². The number of nitrogens with one attached hydrogen (secondary N) is 1. The van der Waals surface area contributed by atoms with Crippen molar-refractivity contribution in [3.05, 3.63) is 24.3 Å². The molecule has 0 aromatic rings. The van der Waals surface area contributed by atoms with Crippen LogP contribution in [0.25, 0.3) is 0 Å². The summed E-state index contributed by atoms with van der Waals surface area (Å²) in [7, 11) is 0.